The van der Waals surface area contributed by atoms with E-state index in [-0.39, 0.29) is 5.91 Å². The van der Waals surface area contributed by atoms with Crippen molar-refractivity contribution in [3.05, 3.63) is 53.6 Å². The Hall–Kier alpha value is -2.31. The Bertz CT molecular complexity index is 728. The Balaban J connectivity index is 1.72. The van der Waals surface area contributed by atoms with E-state index in [4.69, 9.17) is 9.39 Å². The Labute approximate surface area is 142 Å². The van der Waals surface area contributed by atoms with Crippen molar-refractivity contribution in [2.24, 2.45) is 0 Å². The fourth-order valence-electron chi connectivity index (χ4n) is 2.77. The Morgan fingerprint density at radius 3 is 2.50 bits per heavy atom. The van der Waals surface area contributed by atoms with Gasteiger partial charge in [0, 0.05) is 18.7 Å². The minimum Gasteiger partial charge on any atom is -0.457 e. The molecule has 0 spiro atoms. The Morgan fingerprint density at radius 2 is 1.83 bits per heavy atom. The number of hydrogen-bond donors (Lipinski definition) is 1. The molecule has 6 heteroatoms. The number of ether oxygens (including phenoxy) is 1. The summed E-state index contributed by atoms with van der Waals surface area (Å²) in [6.07, 6.45) is 0. The van der Waals surface area contributed by atoms with Crippen molar-refractivity contribution in [3.8, 4) is 11.5 Å². The molecular formula is C18H20BNO4. The van der Waals surface area contributed by atoms with E-state index < -0.39 is 7.12 Å². The first kappa shape index (κ1) is 16.5. The molecule has 1 heterocycles. The van der Waals surface area contributed by atoms with Crippen LogP contribution in [0.2, 0.25) is 0 Å². The van der Waals surface area contributed by atoms with Gasteiger partial charge in [-0.25, -0.2) is 0 Å². The number of fused-ring (bicyclic) bond motifs is 1. The van der Waals surface area contributed by atoms with Gasteiger partial charge in [0.1, 0.15) is 11.5 Å². The van der Waals surface area contributed by atoms with Crippen molar-refractivity contribution < 1.29 is 19.2 Å². The van der Waals surface area contributed by atoms with Crippen molar-refractivity contribution in [1.29, 1.82) is 0 Å². The van der Waals surface area contributed by atoms with Gasteiger partial charge in [0.15, 0.2) is 0 Å². The Kier molecular flexibility index (Phi) is 4.88. The first-order valence-electron chi connectivity index (χ1n) is 8.12. The number of carbonyl (C=O) groups excluding carboxylic acids is 1. The SMILES string of the molecule is CCN(CC)C(=O)c1ccc(Oc2ccc3c(c2)COB3O)cc1. The van der Waals surface area contributed by atoms with E-state index in [0.717, 1.165) is 11.0 Å². The second kappa shape index (κ2) is 7.07. The minimum atomic E-state index is -0.848. The zero-order valence-corrected chi connectivity index (χ0v) is 13.9. The number of rotatable bonds is 5. The van der Waals surface area contributed by atoms with Crippen LogP contribution in [0.3, 0.4) is 0 Å². The van der Waals surface area contributed by atoms with Crippen molar-refractivity contribution in [3.63, 3.8) is 0 Å². The standard InChI is InChI=1S/C18H20BNO4/c1-3-20(4-2)18(21)13-5-7-15(8-6-13)24-16-9-10-17-14(11-16)12-23-19(17)22/h5-11,22H,3-4,12H2,1-2H3. The lowest BCUT2D eigenvalue weighted by Crippen LogP contribution is -2.30. The molecule has 1 N–H and O–H groups in total. The first-order valence-corrected chi connectivity index (χ1v) is 8.12. The molecule has 1 aliphatic heterocycles. The van der Waals surface area contributed by atoms with Gasteiger partial charge in [0.05, 0.1) is 6.61 Å². The van der Waals surface area contributed by atoms with Crippen LogP contribution in [-0.4, -0.2) is 36.0 Å². The maximum Gasteiger partial charge on any atom is 0.491 e. The number of hydrogen-bond acceptors (Lipinski definition) is 4. The van der Waals surface area contributed by atoms with Gasteiger partial charge in [-0.1, -0.05) is 6.07 Å². The van der Waals surface area contributed by atoms with Crippen LogP contribution >= 0.6 is 0 Å². The summed E-state index contributed by atoms with van der Waals surface area (Å²) in [5.74, 6) is 1.36. The molecule has 124 valence electrons. The lowest BCUT2D eigenvalue weighted by molar-refractivity contribution is 0.0773. The van der Waals surface area contributed by atoms with Gasteiger partial charge in [-0.3, -0.25) is 4.79 Å². The third kappa shape index (κ3) is 3.30. The summed E-state index contributed by atoms with van der Waals surface area (Å²) < 4.78 is 11.0. The molecule has 0 aromatic heterocycles. The number of nitrogens with zero attached hydrogens (tertiary/aromatic N) is 1. The smallest absolute Gasteiger partial charge is 0.457 e. The molecule has 5 nitrogen and oxygen atoms in total. The quantitative estimate of drug-likeness (QED) is 0.856. The van der Waals surface area contributed by atoms with Crippen molar-refractivity contribution in [2.75, 3.05) is 13.1 Å². The second-order valence-corrected chi connectivity index (χ2v) is 5.63. The van der Waals surface area contributed by atoms with Crippen LogP contribution in [0.4, 0.5) is 0 Å². The lowest BCUT2D eigenvalue weighted by Gasteiger charge is -2.18. The van der Waals surface area contributed by atoms with Crippen LogP contribution in [0, 0.1) is 0 Å². The molecule has 2 aromatic carbocycles. The van der Waals surface area contributed by atoms with E-state index in [9.17, 15) is 9.82 Å². The normalized spacial score (nSPS) is 12.9. The minimum absolute atomic E-state index is 0.0233. The number of amides is 1. The molecule has 0 saturated heterocycles. The van der Waals surface area contributed by atoms with Crippen molar-refractivity contribution >= 4 is 18.5 Å². The van der Waals surface area contributed by atoms with Crippen LogP contribution in [0.1, 0.15) is 29.8 Å². The summed E-state index contributed by atoms with van der Waals surface area (Å²) in [6, 6.07) is 12.6. The van der Waals surface area contributed by atoms with Gasteiger partial charge >= 0.3 is 7.12 Å². The van der Waals surface area contributed by atoms with E-state index in [0.29, 0.717) is 36.8 Å². The topological polar surface area (TPSA) is 59.0 Å². The average molecular weight is 325 g/mol. The molecule has 24 heavy (non-hydrogen) atoms. The highest BCUT2D eigenvalue weighted by Gasteiger charge is 2.27. The monoisotopic (exact) mass is 325 g/mol. The van der Waals surface area contributed by atoms with E-state index in [1.165, 1.54) is 0 Å². The highest BCUT2D eigenvalue weighted by molar-refractivity contribution is 6.61. The van der Waals surface area contributed by atoms with E-state index in [2.05, 4.69) is 0 Å². The molecule has 0 bridgehead atoms. The molecule has 0 radical (unpaired) electrons. The second-order valence-electron chi connectivity index (χ2n) is 5.63. The molecular weight excluding hydrogens is 305 g/mol. The van der Waals surface area contributed by atoms with Crippen molar-refractivity contribution in [1.82, 2.24) is 4.90 Å². The molecule has 0 fully saturated rings. The average Bonchev–Trinajstić information content (AvgIpc) is 2.97. The number of benzene rings is 2. The highest BCUT2D eigenvalue weighted by Crippen LogP contribution is 2.24. The summed E-state index contributed by atoms with van der Waals surface area (Å²) in [7, 11) is -0.848. The fraction of sp³-hybridized carbons (Fsp3) is 0.278. The van der Waals surface area contributed by atoms with E-state index in [1.807, 2.05) is 19.9 Å². The largest absolute Gasteiger partial charge is 0.491 e. The summed E-state index contributed by atoms with van der Waals surface area (Å²) in [6.45, 7) is 5.69. The van der Waals surface area contributed by atoms with Gasteiger partial charge in [-0.2, -0.15) is 0 Å². The maximum absolute atomic E-state index is 12.3. The first-order chi connectivity index (χ1) is 11.6. The van der Waals surface area contributed by atoms with Crippen LogP contribution in [-0.2, 0) is 11.3 Å². The van der Waals surface area contributed by atoms with Crippen LogP contribution in [0.15, 0.2) is 42.5 Å². The molecule has 3 rings (SSSR count). The molecule has 0 atom stereocenters. The summed E-state index contributed by atoms with van der Waals surface area (Å²) in [4.78, 5) is 14.1. The molecule has 2 aromatic rings. The van der Waals surface area contributed by atoms with E-state index >= 15 is 0 Å². The summed E-state index contributed by atoms with van der Waals surface area (Å²) in [5.41, 5.74) is 2.35. The number of carbonyl (C=O) groups is 1. The zero-order valence-electron chi connectivity index (χ0n) is 13.9. The van der Waals surface area contributed by atoms with Crippen LogP contribution in [0.25, 0.3) is 0 Å². The zero-order chi connectivity index (χ0) is 17.1. The van der Waals surface area contributed by atoms with Gasteiger partial charge in [-0.15, -0.1) is 0 Å². The maximum atomic E-state index is 12.3. The molecule has 1 aliphatic rings. The van der Waals surface area contributed by atoms with Crippen LogP contribution in [0.5, 0.6) is 11.5 Å². The lowest BCUT2D eigenvalue weighted by atomic mass is 9.80. The molecule has 0 unspecified atom stereocenters. The van der Waals surface area contributed by atoms with Gasteiger partial charge in [-0.05, 0) is 61.3 Å². The highest BCUT2D eigenvalue weighted by atomic mass is 16.5. The molecule has 0 saturated carbocycles. The fourth-order valence-corrected chi connectivity index (χ4v) is 2.77. The van der Waals surface area contributed by atoms with E-state index in [1.54, 1.807) is 41.3 Å². The predicted molar refractivity (Wildman–Crippen MR) is 92.6 cm³/mol. The third-order valence-electron chi connectivity index (χ3n) is 4.16. The van der Waals surface area contributed by atoms with Gasteiger partial charge in [0.2, 0.25) is 0 Å². The summed E-state index contributed by atoms with van der Waals surface area (Å²) >= 11 is 0. The van der Waals surface area contributed by atoms with Gasteiger partial charge in [0.25, 0.3) is 5.91 Å². The third-order valence-corrected chi connectivity index (χ3v) is 4.16. The van der Waals surface area contributed by atoms with Gasteiger partial charge < -0.3 is 19.3 Å². The Morgan fingerprint density at radius 1 is 1.17 bits per heavy atom. The van der Waals surface area contributed by atoms with Crippen LogP contribution < -0.4 is 10.2 Å². The molecule has 0 aliphatic carbocycles. The molecule has 1 amide bonds. The predicted octanol–water partition coefficient (Wildman–Crippen LogP) is 2.18. The van der Waals surface area contributed by atoms with Crippen molar-refractivity contribution in [2.45, 2.75) is 20.5 Å². The summed E-state index contributed by atoms with van der Waals surface area (Å²) in [5, 5.41) is 9.63.